The van der Waals surface area contributed by atoms with Crippen molar-refractivity contribution in [3.8, 4) is 0 Å². The van der Waals surface area contributed by atoms with E-state index in [-0.39, 0.29) is 0 Å². The maximum Gasteiger partial charge on any atom is 0.207 e. The lowest BCUT2D eigenvalue weighted by molar-refractivity contribution is 0.511. The van der Waals surface area contributed by atoms with Gasteiger partial charge >= 0.3 is 0 Å². The number of fused-ring (bicyclic) bond motifs is 3. The molecule has 3 aromatic rings. The Labute approximate surface area is 81.3 Å². The molecule has 3 rings (SSSR count). The molecular formula is C8H3F2N5. The molecule has 0 amide bonds. The second-order valence-electron chi connectivity index (χ2n) is 2.99. The van der Waals surface area contributed by atoms with Crippen molar-refractivity contribution in [2.75, 3.05) is 0 Å². The summed E-state index contributed by atoms with van der Waals surface area (Å²) in [6, 6.07) is 2.12. The first kappa shape index (κ1) is 8.16. The molecule has 74 valence electrons. The maximum atomic E-state index is 13.0. The number of rotatable bonds is 0. The average Bonchev–Trinajstić information content (AvgIpc) is 2.68. The first-order valence-electron chi connectivity index (χ1n) is 4.08. The number of aromatic nitrogens is 5. The van der Waals surface area contributed by atoms with E-state index in [1.54, 1.807) is 0 Å². The summed E-state index contributed by atoms with van der Waals surface area (Å²) >= 11 is 0. The molecule has 0 bridgehead atoms. The monoisotopic (exact) mass is 207 g/mol. The third-order valence-electron chi connectivity index (χ3n) is 2.09. The van der Waals surface area contributed by atoms with E-state index in [1.165, 1.54) is 6.20 Å². The molecule has 0 atom stereocenters. The molecule has 2 aromatic heterocycles. The Balaban J connectivity index is 2.57. The van der Waals surface area contributed by atoms with Crippen molar-refractivity contribution < 1.29 is 8.78 Å². The van der Waals surface area contributed by atoms with E-state index in [2.05, 4.69) is 20.6 Å². The van der Waals surface area contributed by atoms with Gasteiger partial charge in [0.25, 0.3) is 0 Å². The molecule has 0 spiro atoms. The standard InChI is InChI=1S/C8H3F2N5/c9-6-1-4-3-11-15-8(12-13-14-15)5(4)2-7(6)10/h1-3H. The predicted molar refractivity (Wildman–Crippen MR) is 46.0 cm³/mol. The van der Waals surface area contributed by atoms with Crippen LogP contribution in [0.2, 0.25) is 0 Å². The largest absolute Gasteiger partial charge is 0.207 e. The Morgan fingerprint density at radius 3 is 2.80 bits per heavy atom. The summed E-state index contributed by atoms with van der Waals surface area (Å²) in [5.41, 5.74) is 0.298. The van der Waals surface area contributed by atoms with Gasteiger partial charge in [0.05, 0.1) is 6.20 Å². The second-order valence-corrected chi connectivity index (χ2v) is 2.99. The summed E-state index contributed by atoms with van der Waals surface area (Å²) < 4.78 is 27.1. The SMILES string of the molecule is Fc1cc2cnn3nnnc3c2cc1F. The second kappa shape index (κ2) is 2.66. The quantitative estimate of drug-likeness (QED) is 0.550. The van der Waals surface area contributed by atoms with Gasteiger partial charge in [-0.05, 0) is 22.6 Å². The van der Waals surface area contributed by atoms with E-state index in [9.17, 15) is 8.78 Å². The Morgan fingerprint density at radius 1 is 1.13 bits per heavy atom. The highest BCUT2D eigenvalue weighted by Crippen LogP contribution is 2.19. The minimum absolute atomic E-state index is 0.298. The van der Waals surface area contributed by atoms with Gasteiger partial charge in [0.15, 0.2) is 11.6 Å². The number of benzene rings is 1. The molecule has 15 heavy (non-hydrogen) atoms. The predicted octanol–water partition coefficient (Wildman–Crippen LogP) is 0.951. The van der Waals surface area contributed by atoms with Gasteiger partial charge in [0.1, 0.15) is 0 Å². The first-order valence-corrected chi connectivity index (χ1v) is 4.08. The molecule has 0 N–H and O–H groups in total. The molecular weight excluding hydrogens is 204 g/mol. The fourth-order valence-electron chi connectivity index (χ4n) is 1.40. The molecule has 0 fully saturated rings. The molecule has 0 radical (unpaired) electrons. The molecule has 0 aliphatic heterocycles. The number of halogens is 2. The lowest BCUT2D eigenvalue weighted by Crippen LogP contribution is -1.95. The zero-order chi connectivity index (χ0) is 10.4. The van der Waals surface area contributed by atoms with Gasteiger partial charge in [-0.3, -0.25) is 0 Å². The Hall–Kier alpha value is -2.18. The molecule has 7 heteroatoms. The minimum atomic E-state index is -0.932. The highest BCUT2D eigenvalue weighted by atomic mass is 19.2. The van der Waals surface area contributed by atoms with Crippen molar-refractivity contribution in [3.63, 3.8) is 0 Å². The lowest BCUT2D eigenvalue weighted by Gasteiger charge is -1.98. The Kier molecular flexibility index (Phi) is 1.44. The van der Waals surface area contributed by atoms with Crippen LogP contribution >= 0.6 is 0 Å². The van der Waals surface area contributed by atoms with Gasteiger partial charge in [-0.1, -0.05) is 0 Å². The molecule has 0 unspecified atom stereocenters. The van der Waals surface area contributed by atoms with Crippen molar-refractivity contribution in [1.29, 1.82) is 0 Å². The lowest BCUT2D eigenvalue weighted by atomic mass is 10.2. The van der Waals surface area contributed by atoms with Crippen LogP contribution in [0.15, 0.2) is 18.3 Å². The molecule has 5 nitrogen and oxygen atoms in total. The Morgan fingerprint density at radius 2 is 1.93 bits per heavy atom. The minimum Gasteiger partial charge on any atom is -0.204 e. The molecule has 0 aliphatic rings. The number of nitrogens with zero attached hydrogens (tertiary/aromatic N) is 5. The zero-order valence-electron chi connectivity index (χ0n) is 7.22. The van der Waals surface area contributed by atoms with Crippen molar-refractivity contribution in [1.82, 2.24) is 25.3 Å². The van der Waals surface area contributed by atoms with Crippen LogP contribution in [-0.4, -0.2) is 25.3 Å². The maximum absolute atomic E-state index is 13.0. The van der Waals surface area contributed by atoms with Gasteiger partial charge in [0, 0.05) is 10.8 Å². The fraction of sp³-hybridized carbons (Fsp3) is 0. The van der Waals surface area contributed by atoms with E-state index in [0.717, 1.165) is 16.8 Å². The Bertz CT molecular complexity index is 662. The topological polar surface area (TPSA) is 56.0 Å². The first-order chi connectivity index (χ1) is 7.25. The molecule has 2 heterocycles. The number of hydrogen-bond acceptors (Lipinski definition) is 4. The van der Waals surface area contributed by atoms with Crippen LogP contribution in [0.1, 0.15) is 0 Å². The van der Waals surface area contributed by atoms with Crippen molar-refractivity contribution >= 4 is 16.4 Å². The number of tetrazole rings is 1. The molecule has 0 saturated heterocycles. The van der Waals surface area contributed by atoms with E-state index in [0.29, 0.717) is 16.4 Å². The van der Waals surface area contributed by atoms with Crippen LogP contribution in [0, 0.1) is 11.6 Å². The highest BCUT2D eigenvalue weighted by molar-refractivity contribution is 5.92. The van der Waals surface area contributed by atoms with Crippen LogP contribution in [0.5, 0.6) is 0 Å². The molecule has 1 aromatic carbocycles. The van der Waals surface area contributed by atoms with Crippen molar-refractivity contribution in [2.24, 2.45) is 0 Å². The smallest absolute Gasteiger partial charge is 0.204 e. The van der Waals surface area contributed by atoms with Gasteiger partial charge in [0.2, 0.25) is 5.65 Å². The van der Waals surface area contributed by atoms with Gasteiger partial charge in [-0.25, -0.2) is 8.78 Å². The third-order valence-corrected chi connectivity index (χ3v) is 2.09. The normalized spacial score (nSPS) is 11.3. The van der Waals surface area contributed by atoms with E-state index >= 15 is 0 Å². The van der Waals surface area contributed by atoms with Gasteiger partial charge < -0.3 is 0 Å². The van der Waals surface area contributed by atoms with E-state index in [4.69, 9.17) is 0 Å². The summed E-state index contributed by atoms with van der Waals surface area (Å²) in [7, 11) is 0. The van der Waals surface area contributed by atoms with Crippen molar-refractivity contribution in [3.05, 3.63) is 30.0 Å². The summed E-state index contributed by atoms with van der Waals surface area (Å²) in [6.45, 7) is 0. The average molecular weight is 207 g/mol. The highest BCUT2D eigenvalue weighted by Gasteiger charge is 2.09. The fourth-order valence-corrected chi connectivity index (χ4v) is 1.40. The van der Waals surface area contributed by atoms with Crippen LogP contribution in [0.25, 0.3) is 16.4 Å². The number of hydrogen-bond donors (Lipinski definition) is 0. The van der Waals surface area contributed by atoms with Crippen LogP contribution in [0.3, 0.4) is 0 Å². The summed E-state index contributed by atoms with van der Waals surface area (Å²) in [6.07, 6.45) is 1.38. The third kappa shape index (κ3) is 1.06. The van der Waals surface area contributed by atoms with Crippen LogP contribution in [-0.2, 0) is 0 Å². The van der Waals surface area contributed by atoms with Gasteiger partial charge in [-0.2, -0.15) is 5.10 Å². The van der Waals surface area contributed by atoms with E-state index < -0.39 is 11.6 Å². The summed E-state index contributed by atoms with van der Waals surface area (Å²) in [5, 5.41) is 15.3. The van der Waals surface area contributed by atoms with E-state index in [1.807, 2.05) is 0 Å². The molecule has 0 saturated carbocycles. The zero-order valence-corrected chi connectivity index (χ0v) is 7.22. The van der Waals surface area contributed by atoms with Crippen LogP contribution < -0.4 is 0 Å². The molecule has 0 aliphatic carbocycles. The summed E-state index contributed by atoms with van der Waals surface area (Å²) in [5.74, 6) is -1.85. The summed E-state index contributed by atoms with van der Waals surface area (Å²) in [4.78, 5) is 0. The van der Waals surface area contributed by atoms with Crippen LogP contribution in [0.4, 0.5) is 8.78 Å². The van der Waals surface area contributed by atoms with Gasteiger partial charge in [-0.15, -0.1) is 9.73 Å². The van der Waals surface area contributed by atoms with Crippen molar-refractivity contribution in [2.45, 2.75) is 0 Å².